The number of hydrogen-bond donors (Lipinski definition) is 1. The summed E-state index contributed by atoms with van der Waals surface area (Å²) in [5.41, 5.74) is 7.00. The third-order valence-corrected chi connectivity index (χ3v) is 2.98. The van der Waals surface area contributed by atoms with Gasteiger partial charge in [0, 0.05) is 18.7 Å². The molecule has 90 valence electrons. The fraction of sp³-hybridized carbons (Fsp3) is 0.357. The quantitative estimate of drug-likeness (QED) is 0.874. The molecular weight excluding hydrogens is 212 g/mol. The molecule has 2 aromatic rings. The van der Waals surface area contributed by atoms with Crippen LogP contribution in [-0.2, 0) is 6.54 Å². The van der Waals surface area contributed by atoms with Gasteiger partial charge in [0.2, 0.25) is 0 Å². The first-order valence-electron chi connectivity index (χ1n) is 6.06. The van der Waals surface area contributed by atoms with Gasteiger partial charge in [-0.1, -0.05) is 31.5 Å². The maximum atomic E-state index is 11.9. The SMILES string of the molecule is CCCC(N)Cn1c(=O)ccc2ccccc21. The van der Waals surface area contributed by atoms with Crippen LogP contribution in [0.25, 0.3) is 10.9 Å². The van der Waals surface area contributed by atoms with Gasteiger partial charge in [0.15, 0.2) is 0 Å². The number of aromatic nitrogens is 1. The molecule has 0 saturated heterocycles. The standard InChI is InChI=1S/C14H18N2O/c1-2-5-12(15)10-16-13-7-4-3-6-11(13)8-9-14(16)17/h3-4,6-9,12H,2,5,10,15H2,1H3. The van der Waals surface area contributed by atoms with Crippen molar-refractivity contribution in [2.24, 2.45) is 5.73 Å². The molecule has 2 N–H and O–H groups in total. The highest BCUT2D eigenvalue weighted by Crippen LogP contribution is 2.11. The van der Waals surface area contributed by atoms with Gasteiger partial charge in [-0.2, -0.15) is 0 Å². The molecule has 1 heterocycles. The van der Waals surface area contributed by atoms with Gasteiger partial charge >= 0.3 is 0 Å². The van der Waals surface area contributed by atoms with Gasteiger partial charge in [-0.3, -0.25) is 4.79 Å². The Morgan fingerprint density at radius 3 is 2.76 bits per heavy atom. The summed E-state index contributed by atoms with van der Waals surface area (Å²) in [7, 11) is 0. The van der Waals surface area contributed by atoms with Crippen molar-refractivity contribution in [3.8, 4) is 0 Å². The summed E-state index contributed by atoms with van der Waals surface area (Å²) in [6, 6.07) is 11.4. The van der Waals surface area contributed by atoms with Crippen molar-refractivity contribution in [1.29, 1.82) is 0 Å². The zero-order chi connectivity index (χ0) is 12.3. The molecule has 0 fully saturated rings. The van der Waals surface area contributed by atoms with Gasteiger partial charge in [-0.15, -0.1) is 0 Å². The van der Waals surface area contributed by atoms with Crippen molar-refractivity contribution in [2.75, 3.05) is 0 Å². The minimum atomic E-state index is 0.0234. The van der Waals surface area contributed by atoms with Gasteiger partial charge in [0.1, 0.15) is 0 Å². The Morgan fingerprint density at radius 2 is 2.00 bits per heavy atom. The lowest BCUT2D eigenvalue weighted by Gasteiger charge is -2.14. The predicted molar refractivity (Wildman–Crippen MR) is 71.1 cm³/mol. The number of hydrogen-bond acceptors (Lipinski definition) is 2. The maximum Gasteiger partial charge on any atom is 0.251 e. The Bertz CT molecular complexity index is 559. The van der Waals surface area contributed by atoms with Crippen LogP contribution in [0, 0.1) is 0 Å². The Morgan fingerprint density at radius 1 is 1.24 bits per heavy atom. The summed E-state index contributed by atoms with van der Waals surface area (Å²) in [5.74, 6) is 0. The van der Waals surface area contributed by atoms with Gasteiger partial charge in [-0.25, -0.2) is 0 Å². The van der Waals surface area contributed by atoms with Gasteiger partial charge in [-0.05, 0) is 23.9 Å². The van der Waals surface area contributed by atoms with Crippen molar-refractivity contribution in [2.45, 2.75) is 32.4 Å². The zero-order valence-electron chi connectivity index (χ0n) is 10.1. The van der Waals surface area contributed by atoms with E-state index in [2.05, 4.69) is 6.92 Å². The lowest BCUT2D eigenvalue weighted by atomic mass is 10.1. The van der Waals surface area contributed by atoms with E-state index < -0.39 is 0 Å². The highest BCUT2D eigenvalue weighted by Gasteiger charge is 2.07. The monoisotopic (exact) mass is 230 g/mol. The van der Waals surface area contributed by atoms with Crippen molar-refractivity contribution in [1.82, 2.24) is 4.57 Å². The van der Waals surface area contributed by atoms with Crippen LogP contribution in [0.1, 0.15) is 19.8 Å². The van der Waals surface area contributed by atoms with Gasteiger partial charge in [0.25, 0.3) is 5.56 Å². The normalized spacial score (nSPS) is 12.8. The lowest BCUT2D eigenvalue weighted by Crippen LogP contribution is -2.31. The van der Waals surface area contributed by atoms with E-state index in [1.54, 1.807) is 10.6 Å². The molecule has 0 bridgehead atoms. The van der Waals surface area contributed by atoms with E-state index in [0.29, 0.717) is 6.54 Å². The smallest absolute Gasteiger partial charge is 0.251 e. The second kappa shape index (κ2) is 5.15. The van der Waals surface area contributed by atoms with Crippen LogP contribution in [0.4, 0.5) is 0 Å². The first-order valence-corrected chi connectivity index (χ1v) is 6.06. The highest BCUT2D eigenvalue weighted by atomic mass is 16.1. The van der Waals surface area contributed by atoms with Crippen molar-refractivity contribution in [3.63, 3.8) is 0 Å². The van der Waals surface area contributed by atoms with Gasteiger partial charge < -0.3 is 10.3 Å². The summed E-state index contributed by atoms with van der Waals surface area (Å²) in [5, 5.41) is 1.08. The van der Waals surface area contributed by atoms with Crippen molar-refractivity contribution < 1.29 is 0 Å². The largest absolute Gasteiger partial charge is 0.326 e. The fourth-order valence-corrected chi connectivity index (χ4v) is 2.13. The zero-order valence-corrected chi connectivity index (χ0v) is 10.1. The molecule has 17 heavy (non-hydrogen) atoms. The molecule has 1 aromatic carbocycles. The summed E-state index contributed by atoms with van der Waals surface area (Å²) < 4.78 is 1.77. The Labute approximate surface area is 101 Å². The van der Waals surface area contributed by atoms with E-state index >= 15 is 0 Å². The molecule has 0 spiro atoms. The van der Waals surface area contributed by atoms with Crippen molar-refractivity contribution in [3.05, 3.63) is 46.8 Å². The second-order valence-electron chi connectivity index (χ2n) is 4.39. The number of rotatable bonds is 4. The summed E-state index contributed by atoms with van der Waals surface area (Å²) in [6.07, 6.45) is 1.98. The van der Waals surface area contributed by atoms with E-state index in [4.69, 9.17) is 5.73 Å². The minimum absolute atomic E-state index is 0.0234. The average Bonchev–Trinajstić information content (AvgIpc) is 2.33. The number of pyridine rings is 1. The molecule has 0 radical (unpaired) electrons. The molecule has 3 heteroatoms. The molecular formula is C14H18N2O. The predicted octanol–water partition coefficient (Wildman–Crippen LogP) is 2.13. The summed E-state index contributed by atoms with van der Waals surface area (Å²) in [4.78, 5) is 11.9. The fourth-order valence-electron chi connectivity index (χ4n) is 2.13. The van der Waals surface area contributed by atoms with Crippen LogP contribution in [0.5, 0.6) is 0 Å². The lowest BCUT2D eigenvalue weighted by molar-refractivity contribution is 0.514. The van der Waals surface area contributed by atoms with Crippen LogP contribution in [0.15, 0.2) is 41.2 Å². The van der Waals surface area contributed by atoms with E-state index in [1.807, 2.05) is 30.3 Å². The Hall–Kier alpha value is -1.61. The highest BCUT2D eigenvalue weighted by molar-refractivity contribution is 5.78. The van der Waals surface area contributed by atoms with E-state index in [0.717, 1.165) is 23.7 Å². The second-order valence-corrected chi connectivity index (χ2v) is 4.39. The molecule has 0 aliphatic heterocycles. The molecule has 0 aliphatic carbocycles. The first kappa shape index (κ1) is 11.9. The van der Waals surface area contributed by atoms with Gasteiger partial charge in [0.05, 0.1) is 5.52 Å². The van der Waals surface area contributed by atoms with E-state index in [-0.39, 0.29) is 11.6 Å². The number of benzene rings is 1. The average molecular weight is 230 g/mol. The number of nitrogens with two attached hydrogens (primary N) is 1. The number of nitrogens with zero attached hydrogens (tertiary/aromatic N) is 1. The molecule has 1 unspecified atom stereocenters. The Balaban J connectivity index is 2.44. The number of fused-ring (bicyclic) bond motifs is 1. The van der Waals surface area contributed by atoms with Crippen LogP contribution in [0.3, 0.4) is 0 Å². The summed E-state index contributed by atoms with van der Waals surface area (Å²) in [6.45, 7) is 2.69. The summed E-state index contributed by atoms with van der Waals surface area (Å²) >= 11 is 0. The third kappa shape index (κ3) is 2.56. The molecule has 0 saturated carbocycles. The molecule has 1 atom stereocenters. The van der Waals surface area contributed by atoms with Crippen LogP contribution in [-0.4, -0.2) is 10.6 Å². The number of para-hydroxylation sites is 1. The first-order chi connectivity index (χ1) is 8.22. The molecule has 2 rings (SSSR count). The maximum absolute atomic E-state index is 11.9. The van der Waals surface area contributed by atoms with Crippen LogP contribution < -0.4 is 11.3 Å². The van der Waals surface area contributed by atoms with Crippen molar-refractivity contribution >= 4 is 10.9 Å². The topological polar surface area (TPSA) is 48.0 Å². The Kier molecular flexibility index (Phi) is 3.59. The third-order valence-electron chi connectivity index (χ3n) is 2.98. The molecule has 0 aliphatic rings. The molecule has 3 nitrogen and oxygen atoms in total. The molecule has 1 aromatic heterocycles. The minimum Gasteiger partial charge on any atom is -0.326 e. The van der Waals surface area contributed by atoms with E-state index in [1.165, 1.54) is 0 Å². The van der Waals surface area contributed by atoms with Crippen LogP contribution >= 0.6 is 0 Å². The van der Waals surface area contributed by atoms with E-state index in [9.17, 15) is 4.79 Å². The molecule has 0 amide bonds. The van der Waals surface area contributed by atoms with Crippen LogP contribution in [0.2, 0.25) is 0 Å².